The Hall–Kier alpha value is -2.40. The van der Waals surface area contributed by atoms with E-state index in [9.17, 15) is 4.79 Å². The van der Waals surface area contributed by atoms with E-state index in [4.69, 9.17) is 21.1 Å². The molecule has 6 heteroatoms. The maximum absolute atomic E-state index is 12.3. The first-order valence-corrected chi connectivity index (χ1v) is 8.36. The number of amides is 1. The van der Waals surface area contributed by atoms with Crippen LogP contribution in [-0.4, -0.2) is 38.6 Å². The summed E-state index contributed by atoms with van der Waals surface area (Å²) in [6.45, 7) is 1.08. The van der Waals surface area contributed by atoms with E-state index in [-0.39, 0.29) is 5.91 Å². The zero-order valence-electron chi connectivity index (χ0n) is 14.7. The molecule has 0 aliphatic rings. The fraction of sp³-hybridized carbons (Fsp3) is 0.316. The predicted molar refractivity (Wildman–Crippen MR) is 101 cm³/mol. The van der Waals surface area contributed by atoms with Crippen molar-refractivity contribution in [3.63, 3.8) is 0 Å². The predicted octanol–water partition coefficient (Wildman–Crippen LogP) is 3.82. The molecular weight excluding hydrogens is 340 g/mol. The second-order valence-electron chi connectivity index (χ2n) is 5.60. The molecule has 0 bridgehead atoms. The average Bonchev–Trinajstić information content (AvgIpc) is 2.63. The van der Waals surface area contributed by atoms with Crippen LogP contribution in [0.1, 0.15) is 12.0 Å². The minimum atomic E-state index is 0.0660. The Morgan fingerprint density at radius 3 is 2.44 bits per heavy atom. The normalized spacial score (nSPS) is 10.2. The molecule has 2 aromatic rings. The molecule has 0 aliphatic heterocycles. The number of methoxy groups -OCH3 is 2. The number of anilines is 1. The lowest BCUT2D eigenvalue weighted by molar-refractivity contribution is -0.130. The molecule has 0 aliphatic carbocycles. The van der Waals surface area contributed by atoms with Gasteiger partial charge in [0.05, 0.1) is 24.9 Å². The Balaban J connectivity index is 1.90. The van der Waals surface area contributed by atoms with Gasteiger partial charge in [-0.2, -0.15) is 0 Å². The van der Waals surface area contributed by atoms with Crippen molar-refractivity contribution in [2.75, 3.05) is 33.1 Å². The number of carbonyl (C=O) groups is 1. The maximum atomic E-state index is 12.3. The standard InChI is InChI=1S/C19H23ClN2O3/c1-22(13-14-7-5-4-6-8-14)19(23)9-10-21-16-12-17(24-2)15(20)11-18(16)25-3/h4-8,11-12,21H,9-10,13H2,1-3H3. The van der Waals surface area contributed by atoms with Crippen molar-refractivity contribution in [1.29, 1.82) is 0 Å². The zero-order chi connectivity index (χ0) is 18.2. The third kappa shape index (κ3) is 5.29. The van der Waals surface area contributed by atoms with Crippen LogP contribution in [-0.2, 0) is 11.3 Å². The van der Waals surface area contributed by atoms with Crippen LogP contribution in [0.15, 0.2) is 42.5 Å². The lowest BCUT2D eigenvalue weighted by Crippen LogP contribution is -2.27. The van der Waals surface area contributed by atoms with E-state index in [1.807, 2.05) is 30.3 Å². The first-order valence-electron chi connectivity index (χ1n) is 7.98. The number of nitrogens with one attached hydrogen (secondary N) is 1. The molecule has 1 amide bonds. The highest BCUT2D eigenvalue weighted by Gasteiger charge is 2.12. The third-order valence-electron chi connectivity index (χ3n) is 3.82. The second kappa shape index (κ2) is 9.18. The highest BCUT2D eigenvalue weighted by atomic mass is 35.5. The van der Waals surface area contributed by atoms with Crippen LogP contribution in [0.3, 0.4) is 0 Å². The number of carbonyl (C=O) groups excluding carboxylic acids is 1. The van der Waals surface area contributed by atoms with Gasteiger partial charge in [0.15, 0.2) is 0 Å². The number of hydrogen-bond donors (Lipinski definition) is 1. The first kappa shape index (κ1) is 18.9. The summed E-state index contributed by atoms with van der Waals surface area (Å²) in [4.78, 5) is 14.0. The highest BCUT2D eigenvalue weighted by Crippen LogP contribution is 2.35. The molecule has 0 saturated heterocycles. The molecule has 0 unspecified atom stereocenters. The summed E-state index contributed by atoms with van der Waals surface area (Å²) < 4.78 is 10.5. The molecule has 2 rings (SSSR count). The van der Waals surface area contributed by atoms with Crippen LogP contribution in [0.5, 0.6) is 11.5 Å². The highest BCUT2D eigenvalue weighted by molar-refractivity contribution is 6.32. The summed E-state index contributed by atoms with van der Waals surface area (Å²) in [6.07, 6.45) is 0.372. The fourth-order valence-electron chi connectivity index (χ4n) is 2.44. The topological polar surface area (TPSA) is 50.8 Å². The molecular formula is C19H23ClN2O3. The van der Waals surface area contributed by atoms with Gasteiger partial charge in [-0.3, -0.25) is 4.79 Å². The largest absolute Gasteiger partial charge is 0.495 e. The fourth-order valence-corrected chi connectivity index (χ4v) is 2.67. The Labute approximate surface area is 153 Å². The molecule has 0 fully saturated rings. The van der Waals surface area contributed by atoms with Crippen molar-refractivity contribution in [2.24, 2.45) is 0 Å². The molecule has 0 heterocycles. The molecule has 0 radical (unpaired) electrons. The van der Waals surface area contributed by atoms with E-state index in [1.165, 1.54) is 0 Å². The van der Waals surface area contributed by atoms with Crippen molar-refractivity contribution >= 4 is 23.2 Å². The van der Waals surface area contributed by atoms with Gasteiger partial charge < -0.3 is 19.7 Å². The van der Waals surface area contributed by atoms with E-state index >= 15 is 0 Å². The number of halogens is 1. The zero-order valence-corrected chi connectivity index (χ0v) is 15.5. The van der Waals surface area contributed by atoms with Gasteiger partial charge in [0.2, 0.25) is 5.91 Å². The van der Waals surface area contributed by atoms with Gasteiger partial charge in [-0.25, -0.2) is 0 Å². The average molecular weight is 363 g/mol. The van der Waals surface area contributed by atoms with E-state index in [2.05, 4.69) is 5.32 Å². The summed E-state index contributed by atoms with van der Waals surface area (Å²) in [5, 5.41) is 3.68. The van der Waals surface area contributed by atoms with Crippen LogP contribution in [0.2, 0.25) is 5.02 Å². The van der Waals surface area contributed by atoms with Crippen molar-refractivity contribution in [3.05, 3.63) is 53.1 Å². The van der Waals surface area contributed by atoms with Crippen molar-refractivity contribution in [2.45, 2.75) is 13.0 Å². The Morgan fingerprint density at radius 1 is 1.12 bits per heavy atom. The molecule has 25 heavy (non-hydrogen) atoms. The van der Waals surface area contributed by atoms with Gasteiger partial charge >= 0.3 is 0 Å². The Bertz CT molecular complexity index is 707. The van der Waals surface area contributed by atoms with Crippen molar-refractivity contribution in [3.8, 4) is 11.5 Å². The van der Waals surface area contributed by atoms with Gasteiger partial charge in [0, 0.05) is 38.7 Å². The van der Waals surface area contributed by atoms with E-state index in [0.29, 0.717) is 36.0 Å². The summed E-state index contributed by atoms with van der Waals surface area (Å²) in [5.41, 5.74) is 1.85. The summed E-state index contributed by atoms with van der Waals surface area (Å²) in [7, 11) is 4.93. The number of ether oxygens (including phenoxy) is 2. The van der Waals surface area contributed by atoms with Crippen LogP contribution >= 0.6 is 11.6 Å². The molecule has 0 atom stereocenters. The maximum Gasteiger partial charge on any atom is 0.224 e. The minimum Gasteiger partial charge on any atom is -0.495 e. The molecule has 0 aromatic heterocycles. The summed E-state index contributed by atoms with van der Waals surface area (Å²) >= 11 is 6.09. The molecule has 1 N–H and O–H groups in total. The quantitative estimate of drug-likeness (QED) is 0.775. The lowest BCUT2D eigenvalue weighted by atomic mass is 10.2. The monoisotopic (exact) mass is 362 g/mol. The van der Waals surface area contributed by atoms with Gasteiger partial charge in [0.25, 0.3) is 0 Å². The van der Waals surface area contributed by atoms with E-state index in [0.717, 1.165) is 11.3 Å². The van der Waals surface area contributed by atoms with Gasteiger partial charge in [-0.1, -0.05) is 41.9 Å². The molecule has 2 aromatic carbocycles. The molecule has 134 valence electrons. The number of benzene rings is 2. The van der Waals surface area contributed by atoms with Crippen LogP contribution in [0.25, 0.3) is 0 Å². The smallest absolute Gasteiger partial charge is 0.224 e. The lowest BCUT2D eigenvalue weighted by Gasteiger charge is -2.18. The minimum absolute atomic E-state index is 0.0660. The molecule has 5 nitrogen and oxygen atoms in total. The third-order valence-corrected chi connectivity index (χ3v) is 4.11. The van der Waals surface area contributed by atoms with Crippen molar-refractivity contribution in [1.82, 2.24) is 4.90 Å². The van der Waals surface area contributed by atoms with Gasteiger partial charge in [0.1, 0.15) is 11.5 Å². The van der Waals surface area contributed by atoms with Gasteiger partial charge in [-0.15, -0.1) is 0 Å². The number of hydrogen-bond acceptors (Lipinski definition) is 4. The van der Waals surface area contributed by atoms with Crippen LogP contribution in [0, 0.1) is 0 Å². The van der Waals surface area contributed by atoms with Crippen LogP contribution < -0.4 is 14.8 Å². The Kier molecular flexibility index (Phi) is 6.95. The van der Waals surface area contributed by atoms with E-state index in [1.54, 1.807) is 38.3 Å². The summed E-state index contributed by atoms with van der Waals surface area (Å²) in [5.74, 6) is 1.23. The number of nitrogens with zero attached hydrogens (tertiary/aromatic N) is 1. The van der Waals surface area contributed by atoms with Gasteiger partial charge in [-0.05, 0) is 5.56 Å². The van der Waals surface area contributed by atoms with E-state index < -0.39 is 0 Å². The SMILES string of the molecule is COc1cc(NCCC(=O)N(C)Cc2ccccc2)c(OC)cc1Cl. The summed E-state index contributed by atoms with van der Waals surface area (Å²) in [6, 6.07) is 13.4. The number of rotatable bonds is 8. The second-order valence-corrected chi connectivity index (χ2v) is 6.01. The van der Waals surface area contributed by atoms with Crippen LogP contribution in [0.4, 0.5) is 5.69 Å². The Morgan fingerprint density at radius 2 is 1.80 bits per heavy atom. The molecule has 0 saturated carbocycles. The first-order chi connectivity index (χ1) is 12.0. The molecule has 0 spiro atoms. The van der Waals surface area contributed by atoms with Crippen molar-refractivity contribution < 1.29 is 14.3 Å².